The van der Waals surface area contributed by atoms with Crippen molar-refractivity contribution in [3.8, 4) is 0 Å². The molecule has 0 aromatic carbocycles. The number of aromatic nitrogens is 1. The fourth-order valence-corrected chi connectivity index (χ4v) is 2.89. The van der Waals surface area contributed by atoms with Gasteiger partial charge in [0.15, 0.2) is 0 Å². The van der Waals surface area contributed by atoms with Crippen molar-refractivity contribution in [1.82, 2.24) is 15.0 Å². The monoisotopic (exact) mass is 295 g/mol. The first-order chi connectivity index (χ1) is 9.63. The van der Waals surface area contributed by atoms with Crippen molar-refractivity contribution in [1.29, 1.82) is 0 Å². The minimum absolute atomic E-state index is 0.149. The number of aromatic amines is 1. The summed E-state index contributed by atoms with van der Waals surface area (Å²) in [5.41, 5.74) is 0.871. The van der Waals surface area contributed by atoms with Crippen LogP contribution in [0.4, 0.5) is 0 Å². The van der Waals surface area contributed by atoms with Crippen LogP contribution in [0.1, 0.15) is 24.3 Å². The second-order valence-corrected chi connectivity index (χ2v) is 6.69. The van der Waals surface area contributed by atoms with Gasteiger partial charge in [-0.25, -0.2) is 13.1 Å². The van der Waals surface area contributed by atoms with E-state index in [4.69, 9.17) is 4.42 Å². The normalized spacial score (nSPS) is 15.6. The zero-order valence-electron chi connectivity index (χ0n) is 10.9. The quantitative estimate of drug-likeness (QED) is 0.719. The summed E-state index contributed by atoms with van der Waals surface area (Å²) in [5.74, 6) is 0.583. The molecule has 2 aromatic heterocycles. The number of sulfonamides is 1. The van der Waals surface area contributed by atoms with Gasteiger partial charge in [-0.05, 0) is 31.0 Å². The number of hydrogen-bond acceptors (Lipinski definition) is 4. The van der Waals surface area contributed by atoms with Crippen LogP contribution >= 0.6 is 0 Å². The molecule has 0 bridgehead atoms. The first-order valence-corrected chi connectivity index (χ1v) is 8.04. The highest BCUT2D eigenvalue weighted by Crippen LogP contribution is 2.19. The SMILES string of the molecule is O=S(=O)(NCc1ccco1)c1c[nH]c(CNC2CC2)c1. The first-order valence-electron chi connectivity index (χ1n) is 6.56. The molecule has 0 amide bonds. The molecule has 6 nitrogen and oxygen atoms in total. The minimum Gasteiger partial charge on any atom is -0.468 e. The molecule has 7 heteroatoms. The molecule has 1 fully saturated rings. The maximum Gasteiger partial charge on any atom is 0.242 e. The number of H-pyrrole nitrogens is 1. The number of furan rings is 1. The van der Waals surface area contributed by atoms with Gasteiger partial charge < -0.3 is 14.7 Å². The Balaban J connectivity index is 1.61. The Hall–Kier alpha value is -1.57. The Bertz CT molecular complexity index is 657. The molecule has 0 atom stereocenters. The van der Waals surface area contributed by atoms with E-state index in [1.807, 2.05) is 0 Å². The molecule has 0 unspecified atom stereocenters. The third-order valence-corrected chi connectivity index (χ3v) is 4.58. The van der Waals surface area contributed by atoms with Crippen LogP contribution in [-0.4, -0.2) is 19.4 Å². The van der Waals surface area contributed by atoms with Crippen molar-refractivity contribution in [2.24, 2.45) is 0 Å². The fourth-order valence-electron chi connectivity index (χ4n) is 1.88. The minimum atomic E-state index is -3.51. The van der Waals surface area contributed by atoms with Crippen molar-refractivity contribution in [2.45, 2.75) is 36.9 Å². The van der Waals surface area contributed by atoms with Gasteiger partial charge >= 0.3 is 0 Å². The van der Waals surface area contributed by atoms with Crippen LogP contribution in [0.5, 0.6) is 0 Å². The van der Waals surface area contributed by atoms with Gasteiger partial charge in [-0.2, -0.15) is 0 Å². The summed E-state index contributed by atoms with van der Waals surface area (Å²) < 4.78 is 31.8. The smallest absolute Gasteiger partial charge is 0.242 e. The summed E-state index contributed by atoms with van der Waals surface area (Å²) in [7, 11) is -3.51. The molecular weight excluding hydrogens is 278 g/mol. The van der Waals surface area contributed by atoms with E-state index >= 15 is 0 Å². The molecule has 2 aromatic rings. The molecule has 2 heterocycles. The van der Waals surface area contributed by atoms with Crippen molar-refractivity contribution in [2.75, 3.05) is 0 Å². The van der Waals surface area contributed by atoms with E-state index in [-0.39, 0.29) is 11.4 Å². The molecule has 3 N–H and O–H groups in total. The average molecular weight is 295 g/mol. The van der Waals surface area contributed by atoms with E-state index in [1.54, 1.807) is 18.2 Å². The lowest BCUT2D eigenvalue weighted by Gasteiger charge is -2.02. The van der Waals surface area contributed by atoms with Gasteiger partial charge in [0.05, 0.1) is 17.7 Å². The van der Waals surface area contributed by atoms with Gasteiger partial charge in [0.25, 0.3) is 0 Å². The molecule has 0 radical (unpaired) electrons. The van der Waals surface area contributed by atoms with Gasteiger partial charge in [-0.15, -0.1) is 0 Å². The van der Waals surface area contributed by atoms with Crippen LogP contribution in [-0.2, 0) is 23.1 Å². The average Bonchev–Trinajstić information content (AvgIpc) is 2.94. The maximum atomic E-state index is 12.1. The third-order valence-electron chi connectivity index (χ3n) is 3.20. The fraction of sp³-hybridized carbons (Fsp3) is 0.385. The third kappa shape index (κ3) is 3.30. The van der Waals surface area contributed by atoms with Crippen LogP contribution in [0.25, 0.3) is 0 Å². The number of nitrogens with one attached hydrogen (secondary N) is 3. The van der Waals surface area contributed by atoms with Gasteiger partial charge in [-0.1, -0.05) is 0 Å². The lowest BCUT2D eigenvalue weighted by Crippen LogP contribution is -2.22. The Kier molecular flexibility index (Phi) is 3.64. The zero-order valence-corrected chi connectivity index (χ0v) is 11.7. The Morgan fingerprint density at radius 1 is 1.35 bits per heavy atom. The van der Waals surface area contributed by atoms with Gasteiger partial charge in [0.2, 0.25) is 10.0 Å². The van der Waals surface area contributed by atoms with Crippen LogP contribution in [0.2, 0.25) is 0 Å². The molecule has 108 valence electrons. The molecule has 0 spiro atoms. The molecule has 1 aliphatic rings. The highest BCUT2D eigenvalue weighted by atomic mass is 32.2. The van der Waals surface area contributed by atoms with E-state index in [1.165, 1.54) is 25.3 Å². The van der Waals surface area contributed by atoms with Crippen LogP contribution in [0, 0.1) is 0 Å². The van der Waals surface area contributed by atoms with Crippen molar-refractivity contribution in [3.63, 3.8) is 0 Å². The summed E-state index contributed by atoms with van der Waals surface area (Å²) in [6.45, 7) is 0.814. The first kappa shape index (κ1) is 13.4. The summed E-state index contributed by atoms with van der Waals surface area (Å²) in [4.78, 5) is 3.23. The summed E-state index contributed by atoms with van der Waals surface area (Å²) in [6.07, 6.45) is 5.43. The molecule has 0 aliphatic heterocycles. The van der Waals surface area contributed by atoms with Crippen molar-refractivity contribution >= 4 is 10.0 Å². The Morgan fingerprint density at radius 3 is 2.90 bits per heavy atom. The van der Waals surface area contributed by atoms with Crippen LogP contribution < -0.4 is 10.0 Å². The Labute approximate surface area is 117 Å². The Morgan fingerprint density at radius 2 is 2.20 bits per heavy atom. The lowest BCUT2D eigenvalue weighted by molar-refractivity contribution is 0.498. The summed E-state index contributed by atoms with van der Waals surface area (Å²) in [6, 6.07) is 5.70. The number of rotatable bonds is 7. The van der Waals surface area contributed by atoms with E-state index in [9.17, 15) is 8.42 Å². The van der Waals surface area contributed by atoms with E-state index < -0.39 is 10.0 Å². The van der Waals surface area contributed by atoms with Gasteiger partial charge in [0, 0.05) is 24.5 Å². The van der Waals surface area contributed by atoms with Crippen molar-refractivity contribution in [3.05, 3.63) is 42.1 Å². The lowest BCUT2D eigenvalue weighted by atomic mass is 10.4. The number of hydrogen-bond donors (Lipinski definition) is 3. The molecule has 20 heavy (non-hydrogen) atoms. The predicted molar refractivity (Wildman–Crippen MR) is 73.4 cm³/mol. The highest BCUT2D eigenvalue weighted by molar-refractivity contribution is 7.89. The van der Waals surface area contributed by atoms with Crippen molar-refractivity contribution < 1.29 is 12.8 Å². The standard InChI is InChI=1S/C13H17N3O3S/c17-20(18,16-8-12-2-1-5-19-12)13-6-11(15-9-13)7-14-10-3-4-10/h1-2,5-6,9-10,14-16H,3-4,7-8H2. The largest absolute Gasteiger partial charge is 0.468 e. The second-order valence-electron chi connectivity index (χ2n) is 4.92. The van der Waals surface area contributed by atoms with E-state index in [0.717, 1.165) is 5.69 Å². The molecule has 0 saturated heterocycles. The molecule has 1 aliphatic carbocycles. The van der Waals surface area contributed by atoms with Crippen LogP contribution in [0.3, 0.4) is 0 Å². The second kappa shape index (κ2) is 5.43. The van der Waals surface area contributed by atoms with Gasteiger partial charge in [-0.3, -0.25) is 0 Å². The summed E-state index contributed by atoms with van der Waals surface area (Å²) >= 11 is 0. The highest BCUT2D eigenvalue weighted by Gasteiger charge is 2.21. The topological polar surface area (TPSA) is 87.1 Å². The van der Waals surface area contributed by atoms with E-state index in [0.29, 0.717) is 18.3 Å². The van der Waals surface area contributed by atoms with Gasteiger partial charge in [0.1, 0.15) is 5.76 Å². The van der Waals surface area contributed by atoms with E-state index in [2.05, 4.69) is 15.0 Å². The predicted octanol–water partition coefficient (Wildman–Crippen LogP) is 1.34. The molecule has 3 rings (SSSR count). The molecular formula is C13H17N3O3S. The van der Waals surface area contributed by atoms with Crippen LogP contribution in [0.15, 0.2) is 40.0 Å². The summed E-state index contributed by atoms with van der Waals surface area (Å²) in [5, 5.41) is 3.33. The maximum absolute atomic E-state index is 12.1. The zero-order chi connectivity index (χ0) is 14.0. The molecule has 1 saturated carbocycles.